The fourth-order valence-corrected chi connectivity index (χ4v) is 3.66. The van der Waals surface area contributed by atoms with Gasteiger partial charge in [0.25, 0.3) is 5.91 Å². The van der Waals surface area contributed by atoms with Gasteiger partial charge in [-0.25, -0.2) is 4.98 Å². The monoisotopic (exact) mass is 411 g/mol. The first-order valence-corrected chi connectivity index (χ1v) is 10.5. The van der Waals surface area contributed by atoms with Gasteiger partial charge in [0.2, 0.25) is 5.95 Å². The molecule has 8 heteroatoms. The van der Waals surface area contributed by atoms with Gasteiger partial charge in [-0.1, -0.05) is 17.7 Å². The number of piperazine rings is 1. The molecule has 0 N–H and O–H groups in total. The number of carbonyl (C=O) groups is 1. The minimum Gasteiger partial charge on any atom is -0.484 e. The molecule has 2 fully saturated rings. The molecule has 3 heterocycles. The predicted molar refractivity (Wildman–Crippen MR) is 115 cm³/mol. The van der Waals surface area contributed by atoms with Crippen molar-refractivity contribution in [3.8, 4) is 5.75 Å². The van der Waals surface area contributed by atoms with Crippen LogP contribution in [0.1, 0.15) is 11.3 Å². The fraction of sp³-hybridized carbons (Fsp3) is 0.500. The van der Waals surface area contributed by atoms with Gasteiger partial charge in [0.15, 0.2) is 6.61 Å². The van der Waals surface area contributed by atoms with E-state index in [1.54, 1.807) is 0 Å². The van der Waals surface area contributed by atoms with Gasteiger partial charge in [0.1, 0.15) is 11.6 Å². The Morgan fingerprint density at radius 1 is 0.967 bits per heavy atom. The smallest absolute Gasteiger partial charge is 0.260 e. The van der Waals surface area contributed by atoms with Gasteiger partial charge < -0.3 is 24.2 Å². The van der Waals surface area contributed by atoms with Crippen molar-refractivity contribution >= 4 is 17.7 Å². The van der Waals surface area contributed by atoms with E-state index in [1.807, 2.05) is 49.1 Å². The first-order chi connectivity index (χ1) is 14.6. The summed E-state index contributed by atoms with van der Waals surface area (Å²) in [4.78, 5) is 28.2. The van der Waals surface area contributed by atoms with Crippen molar-refractivity contribution in [1.82, 2.24) is 14.9 Å². The molecule has 0 atom stereocenters. The molecule has 0 bridgehead atoms. The summed E-state index contributed by atoms with van der Waals surface area (Å²) >= 11 is 0. The van der Waals surface area contributed by atoms with Crippen LogP contribution in [0.2, 0.25) is 0 Å². The van der Waals surface area contributed by atoms with Gasteiger partial charge in [-0.2, -0.15) is 4.98 Å². The number of ether oxygens (including phenoxy) is 2. The molecule has 0 saturated carbocycles. The summed E-state index contributed by atoms with van der Waals surface area (Å²) in [7, 11) is 0. The Bertz CT molecular complexity index is 860. The van der Waals surface area contributed by atoms with E-state index in [0.29, 0.717) is 26.2 Å². The third-order valence-corrected chi connectivity index (χ3v) is 5.46. The van der Waals surface area contributed by atoms with Crippen LogP contribution in [-0.4, -0.2) is 79.9 Å². The molecule has 2 saturated heterocycles. The van der Waals surface area contributed by atoms with Crippen LogP contribution in [-0.2, 0) is 9.53 Å². The topological polar surface area (TPSA) is 71.0 Å². The molecule has 160 valence electrons. The Kier molecular flexibility index (Phi) is 6.32. The molecule has 4 rings (SSSR count). The van der Waals surface area contributed by atoms with Crippen molar-refractivity contribution in [1.29, 1.82) is 0 Å². The molecule has 0 spiro atoms. The number of amides is 1. The van der Waals surface area contributed by atoms with E-state index in [0.717, 1.165) is 49.5 Å². The van der Waals surface area contributed by atoms with Gasteiger partial charge >= 0.3 is 0 Å². The maximum atomic E-state index is 12.5. The fourth-order valence-electron chi connectivity index (χ4n) is 3.66. The number of benzene rings is 1. The zero-order chi connectivity index (χ0) is 20.9. The normalized spacial score (nSPS) is 17.2. The lowest BCUT2D eigenvalue weighted by molar-refractivity contribution is -0.133. The van der Waals surface area contributed by atoms with Gasteiger partial charge in [-0.05, 0) is 26.0 Å². The zero-order valence-electron chi connectivity index (χ0n) is 17.7. The number of rotatable bonds is 5. The van der Waals surface area contributed by atoms with Crippen molar-refractivity contribution in [3.63, 3.8) is 0 Å². The predicted octanol–water partition coefficient (Wildman–Crippen LogP) is 1.66. The van der Waals surface area contributed by atoms with E-state index in [9.17, 15) is 4.79 Å². The Hall–Kier alpha value is -2.87. The second-order valence-electron chi connectivity index (χ2n) is 7.74. The second kappa shape index (κ2) is 9.30. The van der Waals surface area contributed by atoms with Crippen LogP contribution in [0.15, 0.2) is 30.3 Å². The molecular formula is C22H29N5O3. The van der Waals surface area contributed by atoms with Crippen molar-refractivity contribution < 1.29 is 14.3 Å². The molecule has 0 aliphatic carbocycles. The molecule has 2 aromatic rings. The summed E-state index contributed by atoms with van der Waals surface area (Å²) in [5.74, 6) is 2.41. The quantitative estimate of drug-likeness (QED) is 0.741. The number of nitrogens with zero attached hydrogens (tertiary/aromatic N) is 5. The summed E-state index contributed by atoms with van der Waals surface area (Å²) < 4.78 is 11.1. The molecule has 1 aromatic carbocycles. The third kappa shape index (κ3) is 4.99. The van der Waals surface area contributed by atoms with Gasteiger partial charge in [0.05, 0.1) is 13.2 Å². The highest BCUT2D eigenvalue weighted by molar-refractivity contribution is 5.78. The standard InChI is InChI=1S/C22H29N5O3/c1-17-3-5-19(6-4-17)30-16-21(28)26-7-9-27(10-8-26)22-23-18(2)15-20(24-22)25-11-13-29-14-12-25/h3-6,15H,7-14,16H2,1-2H3. The highest BCUT2D eigenvalue weighted by Gasteiger charge is 2.24. The lowest BCUT2D eigenvalue weighted by atomic mass is 10.2. The molecule has 8 nitrogen and oxygen atoms in total. The van der Waals surface area contributed by atoms with Crippen molar-refractivity contribution in [2.24, 2.45) is 0 Å². The van der Waals surface area contributed by atoms with Crippen LogP contribution in [0.3, 0.4) is 0 Å². The average Bonchev–Trinajstić information content (AvgIpc) is 2.79. The lowest BCUT2D eigenvalue weighted by Crippen LogP contribution is -2.50. The van der Waals surface area contributed by atoms with E-state index in [2.05, 4.69) is 14.8 Å². The summed E-state index contributed by atoms with van der Waals surface area (Å²) in [6, 6.07) is 9.76. The Morgan fingerprint density at radius 2 is 1.67 bits per heavy atom. The molecule has 2 aliphatic heterocycles. The van der Waals surface area contributed by atoms with E-state index >= 15 is 0 Å². The third-order valence-electron chi connectivity index (χ3n) is 5.46. The molecule has 1 amide bonds. The molecule has 0 unspecified atom stereocenters. The first kappa shape index (κ1) is 20.4. The number of hydrogen-bond donors (Lipinski definition) is 0. The maximum absolute atomic E-state index is 12.5. The van der Waals surface area contributed by atoms with Crippen molar-refractivity contribution in [3.05, 3.63) is 41.6 Å². The van der Waals surface area contributed by atoms with Gasteiger partial charge in [-0.15, -0.1) is 0 Å². The van der Waals surface area contributed by atoms with Crippen molar-refractivity contribution in [2.45, 2.75) is 13.8 Å². The summed E-state index contributed by atoms with van der Waals surface area (Å²) in [6.45, 7) is 9.93. The van der Waals surface area contributed by atoms with E-state index < -0.39 is 0 Å². The Morgan fingerprint density at radius 3 is 2.37 bits per heavy atom. The van der Waals surface area contributed by atoms with Crippen LogP contribution >= 0.6 is 0 Å². The molecular weight excluding hydrogens is 382 g/mol. The van der Waals surface area contributed by atoms with Crippen molar-refractivity contribution in [2.75, 3.05) is 68.9 Å². The SMILES string of the molecule is Cc1ccc(OCC(=O)N2CCN(c3nc(C)cc(N4CCOCC4)n3)CC2)cc1. The van der Waals surface area contributed by atoms with E-state index in [4.69, 9.17) is 14.5 Å². The molecule has 0 radical (unpaired) electrons. The number of hydrogen-bond acceptors (Lipinski definition) is 7. The highest BCUT2D eigenvalue weighted by Crippen LogP contribution is 2.20. The van der Waals surface area contributed by atoms with Crippen LogP contribution in [0.4, 0.5) is 11.8 Å². The first-order valence-electron chi connectivity index (χ1n) is 10.5. The molecule has 30 heavy (non-hydrogen) atoms. The summed E-state index contributed by atoms with van der Waals surface area (Å²) in [6.07, 6.45) is 0. The average molecular weight is 412 g/mol. The zero-order valence-corrected chi connectivity index (χ0v) is 17.7. The Balaban J connectivity index is 1.32. The number of anilines is 2. The molecule has 2 aliphatic rings. The van der Waals surface area contributed by atoms with E-state index in [-0.39, 0.29) is 12.5 Å². The minimum atomic E-state index is 0.00870. The van der Waals surface area contributed by atoms with Gasteiger partial charge in [-0.3, -0.25) is 4.79 Å². The van der Waals surface area contributed by atoms with Gasteiger partial charge in [0, 0.05) is 51.0 Å². The number of carbonyl (C=O) groups excluding carboxylic acids is 1. The van der Waals surface area contributed by atoms with Crippen LogP contribution in [0, 0.1) is 13.8 Å². The highest BCUT2D eigenvalue weighted by atomic mass is 16.5. The van der Waals surface area contributed by atoms with Crippen LogP contribution < -0.4 is 14.5 Å². The number of aryl methyl sites for hydroxylation is 2. The summed E-state index contributed by atoms with van der Waals surface area (Å²) in [5, 5.41) is 0. The van der Waals surface area contributed by atoms with Crippen LogP contribution in [0.25, 0.3) is 0 Å². The second-order valence-corrected chi connectivity index (χ2v) is 7.74. The number of aromatic nitrogens is 2. The number of morpholine rings is 1. The van der Waals surface area contributed by atoms with Crippen LogP contribution in [0.5, 0.6) is 5.75 Å². The lowest BCUT2D eigenvalue weighted by Gasteiger charge is -2.35. The van der Waals surface area contributed by atoms with E-state index in [1.165, 1.54) is 5.56 Å². The summed E-state index contributed by atoms with van der Waals surface area (Å²) in [5.41, 5.74) is 2.12. The molecule has 1 aromatic heterocycles. The Labute approximate surface area is 177 Å². The largest absolute Gasteiger partial charge is 0.484 e. The maximum Gasteiger partial charge on any atom is 0.260 e. The minimum absolute atomic E-state index is 0.00870.